The lowest BCUT2D eigenvalue weighted by atomic mass is 10.1. The van der Waals surface area contributed by atoms with Gasteiger partial charge in [-0.1, -0.05) is 38.1 Å². The molecule has 3 nitrogen and oxygen atoms in total. The molecule has 0 aliphatic heterocycles. The molecule has 3 heteroatoms. The minimum absolute atomic E-state index is 0.0982. The number of hydrogen-bond acceptors (Lipinski definition) is 2. The number of nitrogen functional groups attached to an aromatic ring is 1. The molecule has 0 spiro atoms. The fourth-order valence-electron chi connectivity index (χ4n) is 2.20. The van der Waals surface area contributed by atoms with Crippen LogP contribution in [0.3, 0.4) is 0 Å². The molecule has 19 heavy (non-hydrogen) atoms. The second-order valence-corrected chi connectivity index (χ2v) is 4.68. The number of rotatable bonds is 4. The van der Waals surface area contributed by atoms with Crippen LogP contribution in [0.5, 0.6) is 0 Å². The molecule has 0 atom stereocenters. The van der Waals surface area contributed by atoms with Crippen LogP contribution in [0, 0.1) is 0 Å². The van der Waals surface area contributed by atoms with Crippen LogP contribution in [0.15, 0.2) is 41.2 Å². The van der Waals surface area contributed by atoms with Crippen molar-refractivity contribution in [3.05, 3.63) is 52.3 Å². The summed E-state index contributed by atoms with van der Waals surface area (Å²) in [4.78, 5) is 12.1. The topological polar surface area (TPSA) is 48.0 Å². The minimum Gasteiger partial charge on any atom is -0.394 e. The first-order valence-corrected chi connectivity index (χ1v) is 6.76. The van der Waals surface area contributed by atoms with E-state index in [0.29, 0.717) is 12.2 Å². The molecule has 100 valence electrons. The molecule has 0 saturated heterocycles. The van der Waals surface area contributed by atoms with Crippen LogP contribution in [0.4, 0.5) is 5.69 Å². The number of aryl methyl sites for hydroxylation is 1. The lowest BCUT2D eigenvalue weighted by Crippen LogP contribution is -2.24. The summed E-state index contributed by atoms with van der Waals surface area (Å²) in [5, 5.41) is 0. The molecular weight excluding hydrogens is 236 g/mol. The number of hydrogen-bond donors (Lipinski definition) is 1. The van der Waals surface area contributed by atoms with Crippen LogP contribution >= 0.6 is 0 Å². The van der Waals surface area contributed by atoms with Crippen molar-refractivity contribution < 1.29 is 0 Å². The first kappa shape index (κ1) is 13.4. The molecule has 0 fully saturated rings. The third kappa shape index (κ3) is 2.70. The van der Waals surface area contributed by atoms with Crippen molar-refractivity contribution in [3.8, 4) is 11.3 Å². The first-order chi connectivity index (χ1) is 9.17. The van der Waals surface area contributed by atoms with Gasteiger partial charge in [0.2, 0.25) is 0 Å². The molecule has 0 saturated carbocycles. The smallest absolute Gasteiger partial charge is 0.274 e. The summed E-state index contributed by atoms with van der Waals surface area (Å²) >= 11 is 0. The van der Waals surface area contributed by atoms with E-state index in [-0.39, 0.29) is 5.56 Å². The number of pyridine rings is 1. The highest BCUT2D eigenvalue weighted by Gasteiger charge is 2.08. The summed E-state index contributed by atoms with van der Waals surface area (Å²) in [5.41, 5.74) is 9.21. The SMILES string of the molecule is CCCn1c(-c2ccc(CC)cc2)ccc(N)c1=O. The van der Waals surface area contributed by atoms with Gasteiger partial charge < -0.3 is 10.3 Å². The summed E-state index contributed by atoms with van der Waals surface area (Å²) in [6, 6.07) is 12.0. The quantitative estimate of drug-likeness (QED) is 0.914. The Morgan fingerprint density at radius 3 is 2.32 bits per heavy atom. The lowest BCUT2D eigenvalue weighted by Gasteiger charge is -2.13. The Hall–Kier alpha value is -2.03. The van der Waals surface area contributed by atoms with Gasteiger partial charge in [0.15, 0.2) is 0 Å². The Morgan fingerprint density at radius 2 is 1.74 bits per heavy atom. The van der Waals surface area contributed by atoms with Crippen molar-refractivity contribution in [2.75, 3.05) is 5.73 Å². The van der Waals surface area contributed by atoms with E-state index in [4.69, 9.17) is 5.73 Å². The molecule has 0 bridgehead atoms. The van der Waals surface area contributed by atoms with E-state index in [1.165, 1.54) is 5.56 Å². The van der Waals surface area contributed by atoms with Crippen LogP contribution in [0.25, 0.3) is 11.3 Å². The number of anilines is 1. The van der Waals surface area contributed by atoms with Crippen LogP contribution in [-0.4, -0.2) is 4.57 Å². The molecule has 0 radical (unpaired) electrons. The van der Waals surface area contributed by atoms with Gasteiger partial charge in [-0.2, -0.15) is 0 Å². The Labute approximate surface area is 113 Å². The average Bonchev–Trinajstić information content (AvgIpc) is 2.44. The van der Waals surface area contributed by atoms with Crippen molar-refractivity contribution in [1.82, 2.24) is 4.57 Å². The van der Waals surface area contributed by atoms with E-state index in [1.807, 2.05) is 6.07 Å². The summed E-state index contributed by atoms with van der Waals surface area (Å²) in [6.07, 6.45) is 1.92. The predicted octanol–water partition coefficient (Wildman–Crippen LogP) is 3.07. The highest BCUT2D eigenvalue weighted by Crippen LogP contribution is 2.20. The predicted molar refractivity (Wildman–Crippen MR) is 80.2 cm³/mol. The van der Waals surface area contributed by atoms with Gasteiger partial charge in [-0.3, -0.25) is 4.79 Å². The average molecular weight is 256 g/mol. The second-order valence-electron chi connectivity index (χ2n) is 4.68. The van der Waals surface area contributed by atoms with Crippen molar-refractivity contribution in [1.29, 1.82) is 0 Å². The molecular formula is C16H20N2O. The zero-order valence-corrected chi connectivity index (χ0v) is 11.5. The maximum absolute atomic E-state index is 12.1. The van der Waals surface area contributed by atoms with Gasteiger partial charge in [0.05, 0.1) is 11.4 Å². The third-order valence-corrected chi connectivity index (χ3v) is 3.31. The van der Waals surface area contributed by atoms with Crippen molar-refractivity contribution >= 4 is 5.69 Å². The molecule has 1 aromatic carbocycles. The molecule has 2 aromatic rings. The van der Waals surface area contributed by atoms with Crippen molar-refractivity contribution in [2.45, 2.75) is 33.2 Å². The number of benzene rings is 1. The van der Waals surface area contributed by atoms with Gasteiger partial charge in [0.25, 0.3) is 5.56 Å². The lowest BCUT2D eigenvalue weighted by molar-refractivity contribution is 0.663. The number of nitrogens with zero attached hydrogens (tertiary/aromatic N) is 1. The van der Waals surface area contributed by atoms with E-state index in [1.54, 1.807) is 10.6 Å². The summed E-state index contributed by atoms with van der Waals surface area (Å²) in [6.45, 7) is 4.87. The molecule has 2 rings (SSSR count). The Morgan fingerprint density at radius 1 is 1.05 bits per heavy atom. The van der Waals surface area contributed by atoms with Crippen LogP contribution in [0.2, 0.25) is 0 Å². The highest BCUT2D eigenvalue weighted by molar-refractivity contribution is 5.61. The third-order valence-electron chi connectivity index (χ3n) is 3.31. The molecule has 1 heterocycles. The maximum atomic E-state index is 12.1. The Balaban J connectivity index is 2.54. The van der Waals surface area contributed by atoms with E-state index in [9.17, 15) is 4.79 Å². The largest absolute Gasteiger partial charge is 0.394 e. The first-order valence-electron chi connectivity index (χ1n) is 6.76. The van der Waals surface area contributed by atoms with Gasteiger partial charge in [0, 0.05) is 6.54 Å². The summed E-state index contributed by atoms with van der Waals surface area (Å²) in [7, 11) is 0. The van der Waals surface area contributed by atoms with Gasteiger partial charge in [0.1, 0.15) is 0 Å². The van der Waals surface area contributed by atoms with Crippen LogP contribution in [0.1, 0.15) is 25.8 Å². The molecule has 0 aliphatic carbocycles. The zero-order chi connectivity index (χ0) is 13.8. The highest BCUT2D eigenvalue weighted by atomic mass is 16.1. The Kier molecular flexibility index (Phi) is 4.05. The molecule has 0 aliphatic rings. The molecule has 2 N–H and O–H groups in total. The fourth-order valence-corrected chi connectivity index (χ4v) is 2.20. The van der Waals surface area contributed by atoms with Gasteiger partial charge in [-0.15, -0.1) is 0 Å². The van der Waals surface area contributed by atoms with Gasteiger partial charge in [-0.05, 0) is 36.1 Å². The van der Waals surface area contributed by atoms with E-state index in [0.717, 1.165) is 24.1 Å². The standard InChI is InChI=1S/C16H20N2O/c1-3-11-18-15(10-9-14(17)16(18)19)13-7-5-12(4-2)6-8-13/h5-10H,3-4,11,17H2,1-2H3. The van der Waals surface area contributed by atoms with Gasteiger partial charge >= 0.3 is 0 Å². The van der Waals surface area contributed by atoms with Crippen molar-refractivity contribution in [2.24, 2.45) is 0 Å². The monoisotopic (exact) mass is 256 g/mol. The summed E-state index contributed by atoms with van der Waals surface area (Å²) in [5.74, 6) is 0. The zero-order valence-electron chi connectivity index (χ0n) is 11.5. The Bertz CT molecular complexity index is 612. The van der Waals surface area contributed by atoms with E-state index in [2.05, 4.69) is 38.1 Å². The number of aromatic nitrogens is 1. The normalized spacial score (nSPS) is 10.6. The molecule has 0 amide bonds. The minimum atomic E-state index is -0.0982. The molecule has 1 aromatic heterocycles. The van der Waals surface area contributed by atoms with Crippen LogP contribution in [-0.2, 0) is 13.0 Å². The maximum Gasteiger partial charge on any atom is 0.274 e. The van der Waals surface area contributed by atoms with Crippen LogP contribution < -0.4 is 11.3 Å². The van der Waals surface area contributed by atoms with Gasteiger partial charge in [-0.25, -0.2) is 0 Å². The summed E-state index contributed by atoms with van der Waals surface area (Å²) < 4.78 is 1.76. The van der Waals surface area contributed by atoms with Crippen molar-refractivity contribution in [3.63, 3.8) is 0 Å². The number of nitrogens with two attached hydrogens (primary N) is 1. The van der Waals surface area contributed by atoms with E-state index >= 15 is 0 Å². The molecule has 0 unspecified atom stereocenters. The second kappa shape index (κ2) is 5.74. The van der Waals surface area contributed by atoms with E-state index < -0.39 is 0 Å². The fraction of sp³-hybridized carbons (Fsp3) is 0.312.